The highest BCUT2D eigenvalue weighted by Crippen LogP contribution is 2.16. The van der Waals surface area contributed by atoms with Crippen LogP contribution in [-0.4, -0.2) is 49.7 Å². The zero-order valence-electron chi connectivity index (χ0n) is 13.2. The number of carbonyl (C=O) groups is 1. The molecule has 0 atom stereocenters. The topological polar surface area (TPSA) is 52.6 Å². The van der Waals surface area contributed by atoms with Crippen LogP contribution in [0.25, 0.3) is 0 Å². The van der Waals surface area contributed by atoms with E-state index in [1.165, 1.54) is 11.3 Å². The molecule has 0 fully saturated rings. The number of carbonyl (C=O) groups excluding carboxylic acids is 1. The van der Waals surface area contributed by atoms with Gasteiger partial charge in [-0.15, -0.1) is 11.3 Å². The van der Waals surface area contributed by atoms with Gasteiger partial charge in [-0.25, -0.2) is 0 Å². The average Bonchev–Trinajstić information content (AvgIpc) is 2.84. The van der Waals surface area contributed by atoms with Gasteiger partial charge in [-0.3, -0.25) is 4.79 Å². The summed E-state index contributed by atoms with van der Waals surface area (Å²) in [4.78, 5) is 15.1. The summed E-state index contributed by atoms with van der Waals surface area (Å²) in [5.41, 5.74) is 0.674. The summed E-state index contributed by atoms with van der Waals surface area (Å²) in [5, 5.41) is 13.5. The van der Waals surface area contributed by atoms with E-state index in [-0.39, 0.29) is 17.9 Å². The zero-order chi connectivity index (χ0) is 15.9. The van der Waals surface area contributed by atoms with E-state index in [2.05, 4.69) is 35.9 Å². The van der Waals surface area contributed by atoms with Crippen LogP contribution in [0.4, 0.5) is 0 Å². The van der Waals surface area contributed by atoms with Crippen molar-refractivity contribution in [2.75, 3.05) is 33.8 Å². The Balaban J connectivity index is 2.55. The normalized spacial score (nSPS) is 11.1. The van der Waals surface area contributed by atoms with Crippen LogP contribution >= 0.6 is 11.3 Å². The van der Waals surface area contributed by atoms with Crippen molar-refractivity contribution in [3.8, 4) is 11.8 Å². The van der Waals surface area contributed by atoms with Crippen molar-refractivity contribution >= 4 is 17.2 Å². The SMILES string of the molecule is CN(C)CC(C)(C)CNC(=O)c1csc(C#CCCO)c1. The molecule has 0 bridgehead atoms. The Labute approximate surface area is 131 Å². The maximum Gasteiger partial charge on any atom is 0.252 e. The Kier molecular flexibility index (Phi) is 6.90. The summed E-state index contributed by atoms with van der Waals surface area (Å²) in [6.07, 6.45) is 0.457. The molecule has 0 saturated carbocycles. The van der Waals surface area contributed by atoms with Gasteiger partial charge in [0.1, 0.15) is 0 Å². The predicted octanol–water partition coefficient (Wildman–Crippen LogP) is 1.80. The first-order chi connectivity index (χ1) is 9.84. The molecule has 0 radical (unpaired) electrons. The molecule has 1 aromatic heterocycles. The van der Waals surface area contributed by atoms with E-state index in [1.54, 1.807) is 6.07 Å². The number of nitrogens with zero attached hydrogens (tertiary/aromatic N) is 1. The number of aliphatic hydroxyl groups is 1. The first-order valence-electron chi connectivity index (χ1n) is 6.95. The summed E-state index contributed by atoms with van der Waals surface area (Å²) in [6, 6.07) is 1.79. The Morgan fingerprint density at radius 2 is 2.19 bits per heavy atom. The van der Waals surface area contributed by atoms with Gasteiger partial charge in [0.15, 0.2) is 0 Å². The molecule has 1 amide bonds. The number of amides is 1. The Morgan fingerprint density at radius 3 is 2.81 bits per heavy atom. The lowest BCUT2D eigenvalue weighted by molar-refractivity contribution is 0.0929. The van der Waals surface area contributed by atoms with Crippen molar-refractivity contribution in [2.24, 2.45) is 5.41 Å². The molecule has 1 rings (SSSR count). The molecule has 0 aliphatic heterocycles. The minimum atomic E-state index is -0.0618. The Morgan fingerprint density at radius 1 is 1.48 bits per heavy atom. The van der Waals surface area contributed by atoms with E-state index in [1.807, 2.05) is 19.5 Å². The Hall–Kier alpha value is -1.35. The van der Waals surface area contributed by atoms with Gasteiger partial charge >= 0.3 is 0 Å². The van der Waals surface area contributed by atoms with Crippen LogP contribution < -0.4 is 5.32 Å². The molecular weight excluding hydrogens is 284 g/mol. The van der Waals surface area contributed by atoms with Crippen LogP contribution in [0.15, 0.2) is 11.4 Å². The van der Waals surface area contributed by atoms with Crippen LogP contribution in [0.2, 0.25) is 0 Å². The third-order valence-corrected chi connectivity index (χ3v) is 3.63. The molecule has 0 aromatic carbocycles. The monoisotopic (exact) mass is 308 g/mol. The number of nitrogens with one attached hydrogen (secondary N) is 1. The lowest BCUT2D eigenvalue weighted by Crippen LogP contribution is -2.39. The highest BCUT2D eigenvalue weighted by molar-refractivity contribution is 7.10. The van der Waals surface area contributed by atoms with Crippen molar-refractivity contribution in [2.45, 2.75) is 20.3 Å². The quantitative estimate of drug-likeness (QED) is 0.788. The van der Waals surface area contributed by atoms with Gasteiger partial charge in [0.25, 0.3) is 5.91 Å². The predicted molar refractivity (Wildman–Crippen MR) is 87.6 cm³/mol. The highest BCUT2D eigenvalue weighted by atomic mass is 32.1. The molecule has 0 spiro atoms. The van der Waals surface area contributed by atoms with Gasteiger partial charge in [0.2, 0.25) is 0 Å². The van der Waals surface area contributed by atoms with Gasteiger partial charge < -0.3 is 15.3 Å². The number of rotatable bonds is 6. The largest absolute Gasteiger partial charge is 0.395 e. The fourth-order valence-electron chi connectivity index (χ4n) is 2.06. The van der Waals surface area contributed by atoms with E-state index in [0.717, 1.165) is 11.4 Å². The molecule has 1 heterocycles. The van der Waals surface area contributed by atoms with E-state index in [0.29, 0.717) is 18.5 Å². The van der Waals surface area contributed by atoms with Crippen molar-refractivity contribution < 1.29 is 9.90 Å². The second-order valence-electron chi connectivity index (χ2n) is 6.06. The average molecular weight is 308 g/mol. The minimum Gasteiger partial charge on any atom is -0.395 e. The van der Waals surface area contributed by atoms with Gasteiger partial charge in [-0.1, -0.05) is 25.7 Å². The Bertz CT molecular complexity index is 524. The third-order valence-electron chi connectivity index (χ3n) is 2.78. The molecule has 0 aliphatic carbocycles. The van der Waals surface area contributed by atoms with Gasteiger partial charge in [0.05, 0.1) is 17.0 Å². The smallest absolute Gasteiger partial charge is 0.252 e. The van der Waals surface area contributed by atoms with Crippen molar-refractivity contribution in [1.82, 2.24) is 10.2 Å². The van der Waals surface area contributed by atoms with E-state index >= 15 is 0 Å². The number of hydrogen-bond donors (Lipinski definition) is 2. The fraction of sp³-hybridized carbons (Fsp3) is 0.562. The maximum absolute atomic E-state index is 12.1. The zero-order valence-corrected chi connectivity index (χ0v) is 14.0. The van der Waals surface area contributed by atoms with Gasteiger partial charge in [-0.05, 0) is 25.6 Å². The van der Waals surface area contributed by atoms with Crippen LogP contribution in [0.3, 0.4) is 0 Å². The molecule has 4 nitrogen and oxygen atoms in total. The first-order valence-corrected chi connectivity index (χ1v) is 7.83. The number of thiophene rings is 1. The molecule has 0 saturated heterocycles. The summed E-state index contributed by atoms with van der Waals surface area (Å²) in [7, 11) is 4.06. The molecule has 5 heteroatoms. The fourth-order valence-corrected chi connectivity index (χ4v) is 2.82. The standard InChI is InChI=1S/C16H24N2O2S/c1-16(2,12-18(3)4)11-17-15(20)13-9-14(21-10-13)7-5-6-8-19/h9-10,19H,6,8,11-12H2,1-4H3,(H,17,20). The molecule has 0 unspecified atom stereocenters. The lowest BCUT2D eigenvalue weighted by atomic mass is 9.93. The van der Waals surface area contributed by atoms with E-state index in [9.17, 15) is 4.79 Å². The molecule has 21 heavy (non-hydrogen) atoms. The summed E-state index contributed by atoms with van der Waals surface area (Å²) in [6.45, 7) is 5.87. The van der Waals surface area contributed by atoms with Crippen LogP contribution in [-0.2, 0) is 0 Å². The first kappa shape index (κ1) is 17.7. The van der Waals surface area contributed by atoms with Gasteiger partial charge in [0, 0.05) is 24.9 Å². The molecular formula is C16H24N2O2S. The maximum atomic E-state index is 12.1. The summed E-state index contributed by atoms with van der Waals surface area (Å²) in [5.74, 6) is 5.73. The van der Waals surface area contributed by atoms with E-state index < -0.39 is 0 Å². The van der Waals surface area contributed by atoms with E-state index in [4.69, 9.17) is 5.11 Å². The lowest BCUT2D eigenvalue weighted by Gasteiger charge is -2.28. The minimum absolute atomic E-state index is 0.0267. The van der Waals surface area contributed by atoms with Crippen LogP contribution in [0.1, 0.15) is 35.5 Å². The second-order valence-corrected chi connectivity index (χ2v) is 6.97. The molecule has 116 valence electrons. The van der Waals surface area contributed by atoms with Crippen molar-refractivity contribution in [3.05, 3.63) is 21.9 Å². The third kappa shape index (κ3) is 6.76. The van der Waals surface area contributed by atoms with Crippen molar-refractivity contribution in [1.29, 1.82) is 0 Å². The second kappa shape index (κ2) is 8.18. The highest BCUT2D eigenvalue weighted by Gasteiger charge is 2.20. The van der Waals surface area contributed by atoms with Crippen molar-refractivity contribution in [3.63, 3.8) is 0 Å². The summed E-state index contributed by atoms with van der Waals surface area (Å²) < 4.78 is 0. The molecule has 1 aromatic rings. The molecule has 0 aliphatic rings. The number of aliphatic hydroxyl groups excluding tert-OH is 1. The number of hydrogen-bond acceptors (Lipinski definition) is 4. The summed E-state index contributed by atoms with van der Waals surface area (Å²) >= 11 is 1.45. The van der Waals surface area contributed by atoms with Gasteiger partial charge in [-0.2, -0.15) is 0 Å². The molecule has 2 N–H and O–H groups in total. The van der Waals surface area contributed by atoms with Crippen LogP contribution in [0.5, 0.6) is 0 Å². The van der Waals surface area contributed by atoms with Crippen LogP contribution in [0, 0.1) is 17.3 Å².